The number of ether oxygens (including phenoxy) is 1. The lowest BCUT2D eigenvalue weighted by Crippen LogP contribution is -2.33. The molecule has 17 heavy (non-hydrogen) atoms. The molecule has 0 saturated heterocycles. The number of carbonyl (C=O) groups excluding carboxylic acids is 1. The second-order valence-corrected chi connectivity index (χ2v) is 4.89. The summed E-state index contributed by atoms with van der Waals surface area (Å²) in [5.41, 5.74) is 0.742. The van der Waals surface area contributed by atoms with E-state index in [1.807, 2.05) is 39.1 Å². The molecule has 0 fully saturated rings. The molecule has 0 radical (unpaired) electrons. The maximum atomic E-state index is 11.3. The van der Waals surface area contributed by atoms with Crippen molar-refractivity contribution in [2.75, 3.05) is 6.54 Å². The lowest BCUT2D eigenvalue weighted by molar-refractivity contribution is 0.0527. The van der Waals surface area contributed by atoms with Gasteiger partial charge >= 0.3 is 6.09 Å². The quantitative estimate of drug-likeness (QED) is 0.817. The SMILES string of the molecule is CC(C)(C)OC(=O)NCCCc1cccnc1. The molecule has 0 unspecified atom stereocenters. The Balaban J connectivity index is 2.14. The van der Waals surface area contributed by atoms with Crippen LogP contribution < -0.4 is 5.32 Å². The van der Waals surface area contributed by atoms with Gasteiger partial charge in [-0.1, -0.05) is 6.07 Å². The molecule has 0 atom stereocenters. The molecule has 0 aliphatic heterocycles. The van der Waals surface area contributed by atoms with Gasteiger partial charge < -0.3 is 10.1 Å². The number of aromatic nitrogens is 1. The molecular weight excluding hydrogens is 216 g/mol. The van der Waals surface area contributed by atoms with E-state index in [9.17, 15) is 4.79 Å². The third-order valence-electron chi connectivity index (χ3n) is 2.03. The van der Waals surface area contributed by atoms with Crippen molar-refractivity contribution in [1.29, 1.82) is 0 Å². The van der Waals surface area contributed by atoms with E-state index in [-0.39, 0.29) is 6.09 Å². The largest absolute Gasteiger partial charge is 0.444 e. The Morgan fingerprint density at radius 3 is 2.82 bits per heavy atom. The van der Waals surface area contributed by atoms with Gasteiger partial charge in [-0.15, -0.1) is 0 Å². The summed E-state index contributed by atoms with van der Waals surface area (Å²) in [5.74, 6) is 0. The van der Waals surface area contributed by atoms with Crippen molar-refractivity contribution in [1.82, 2.24) is 10.3 Å². The molecule has 0 aliphatic carbocycles. The average molecular weight is 236 g/mol. The number of pyridine rings is 1. The van der Waals surface area contributed by atoms with Crippen LogP contribution in [0.15, 0.2) is 24.5 Å². The van der Waals surface area contributed by atoms with Gasteiger partial charge in [0.2, 0.25) is 0 Å². The number of hydrogen-bond acceptors (Lipinski definition) is 3. The minimum Gasteiger partial charge on any atom is -0.444 e. The summed E-state index contributed by atoms with van der Waals surface area (Å²) in [6.45, 7) is 6.16. The second kappa shape index (κ2) is 6.23. The smallest absolute Gasteiger partial charge is 0.407 e. The third-order valence-corrected chi connectivity index (χ3v) is 2.03. The van der Waals surface area contributed by atoms with E-state index in [2.05, 4.69) is 10.3 Å². The number of alkyl carbamates (subject to hydrolysis) is 1. The van der Waals surface area contributed by atoms with E-state index in [4.69, 9.17) is 4.74 Å². The van der Waals surface area contributed by atoms with Gasteiger partial charge in [-0.2, -0.15) is 0 Å². The van der Waals surface area contributed by atoms with Crippen LogP contribution >= 0.6 is 0 Å². The topological polar surface area (TPSA) is 51.2 Å². The Labute approximate surface area is 102 Å². The van der Waals surface area contributed by atoms with E-state index in [1.54, 1.807) is 6.20 Å². The van der Waals surface area contributed by atoms with Crippen molar-refractivity contribution >= 4 is 6.09 Å². The van der Waals surface area contributed by atoms with E-state index in [0.717, 1.165) is 12.8 Å². The molecular formula is C13H20N2O2. The lowest BCUT2D eigenvalue weighted by atomic mass is 10.1. The minimum absolute atomic E-state index is 0.358. The maximum absolute atomic E-state index is 11.3. The molecule has 1 rings (SSSR count). The minimum atomic E-state index is -0.437. The summed E-state index contributed by atoms with van der Waals surface area (Å²) in [4.78, 5) is 15.4. The zero-order valence-electron chi connectivity index (χ0n) is 10.7. The van der Waals surface area contributed by atoms with Crippen molar-refractivity contribution in [3.63, 3.8) is 0 Å². The first-order valence-electron chi connectivity index (χ1n) is 5.83. The van der Waals surface area contributed by atoms with Gasteiger partial charge in [-0.25, -0.2) is 4.79 Å². The molecule has 1 aromatic rings. The molecule has 94 valence electrons. The lowest BCUT2D eigenvalue weighted by Gasteiger charge is -2.19. The third kappa shape index (κ3) is 6.56. The Morgan fingerprint density at radius 1 is 1.47 bits per heavy atom. The highest BCUT2D eigenvalue weighted by atomic mass is 16.6. The number of hydrogen-bond donors (Lipinski definition) is 1. The van der Waals surface area contributed by atoms with Gasteiger partial charge in [-0.3, -0.25) is 4.98 Å². The van der Waals surface area contributed by atoms with Crippen molar-refractivity contribution in [2.45, 2.75) is 39.2 Å². The van der Waals surface area contributed by atoms with Crippen LogP contribution in [0.5, 0.6) is 0 Å². The number of nitrogens with one attached hydrogen (secondary N) is 1. The highest BCUT2D eigenvalue weighted by Crippen LogP contribution is 2.06. The fourth-order valence-electron chi connectivity index (χ4n) is 1.34. The molecule has 1 aromatic heterocycles. The molecule has 1 heterocycles. The zero-order chi connectivity index (χ0) is 12.7. The molecule has 0 saturated carbocycles. The van der Waals surface area contributed by atoms with E-state index >= 15 is 0 Å². The summed E-state index contributed by atoms with van der Waals surface area (Å²) in [5, 5.41) is 2.73. The predicted molar refractivity (Wildman–Crippen MR) is 66.8 cm³/mol. The second-order valence-electron chi connectivity index (χ2n) is 4.89. The molecule has 1 amide bonds. The van der Waals surface area contributed by atoms with Crippen LogP contribution in [0.25, 0.3) is 0 Å². The molecule has 1 N–H and O–H groups in total. The molecule has 0 spiro atoms. The molecule has 4 heteroatoms. The standard InChI is InChI=1S/C13H20N2O2/c1-13(2,3)17-12(16)15-9-5-7-11-6-4-8-14-10-11/h4,6,8,10H,5,7,9H2,1-3H3,(H,15,16). The first kappa shape index (κ1) is 13.5. The highest BCUT2D eigenvalue weighted by Gasteiger charge is 2.15. The number of aryl methyl sites for hydroxylation is 1. The average Bonchev–Trinajstić information content (AvgIpc) is 2.23. The van der Waals surface area contributed by atoms with Crippen LogP contribution in [0.3, 0.4) is 0 Å². The summed E-state index contributed by atoms with van der Waals surface area (Å²) >= 11 is 0. The Bertz CT molecular complexity index is 344. The molecule has 4 nitrogen and oxygen atoms in total. The Morgan fingerprint density at radius 2 is 2.24 bits per heavy atom. The zero-order valence-corrected chi connectivity index (χ0v) is 10.7. The fourth-order valence-corrected chi connectivity index (χ4v) is 1.34. The fraction of sp³-hybridized carbons (Fsp3) is 0.538. The van der Waals surface area contributed by atoms with Gasteiger partial charge in [0.05, 0.1) is 0 Å². The molecule has 0 aromatic carbocycles. The van der Waals surface area contributed by atoms with Gasteiger partial charge in [0.1, 0.15) is 5.60 Å². The van der Waals surface area contributed by atoms with E-state index < -0.39 is 5.60 Å². The van der Waals surface area contributed by atoms with Crippen molar-refractivity contribution < 1.29 is 9.53 Å². The van der Waals surface area contributed by atoms with Crippen LogP contribution in [-0.2, 0) is 11.2 Å². The number of rotatable bonds is 4. The van der Waals surface area contributed by atoms with Crippen LogP contribution in [0, 0.1) is 0 Å². The summed E-state index contributed by atoms with van der Waals surface area (Å²) in [7, 11) is 0. The number of amides is 1. The maximum Gasteiger partial charge on any atom is 0.407 e. The van der Waals surface area contributed by atoms with Gasteiger partial charge in [-0.05, 0) is 45.2 Å². The first-order chi connectivity index (χ1) is 7.97. The summed E-state index contributed by atoms with van der Waals surface area (Å²) < 4.78 is 5.13. The summed E-state index contributed by atoms with van der Waals surface area (Å²) in [6.07, 6.45) is 5.02. The monoisotopic (exact) mass is 236 g/mol. The van der Waals surface area contributed by atoms with Crippen LogP contribution in [0.1, 0.15) is 32.8 Å². The molecule has 0 bridgehead atoms. The highest BCUT2D eigenvalue weighted by molar-refractivity contribution is 5.67. The molecule has 0 aliphatic rings. The van der Waals surface area contributed by atoms with Crippen LogP contribution in [0.4, 0.5) is 4.79 Å². The van der Waals surface area contributed by atoms with E-state index in [1.165, 1.54) is 5.56 Å². The number of carbonyl (C=O) groups is 1. The van der Waals surface area contributed by atoms with Crippen molar-refractivity contribution in [2.24, 2.45) is 0 Å². The predicted octanol–water partition coefficient (Wildman–Crippen LogP) is 2.54. The first-order valence-corrected chi connectivity index (χ1v) is 5.83. The van der Waals surface area contributed by atoms with Gasteiger partial charge in [0.15, 0.2) is 0 Å². The van der Waals surface area contributed by atoms with Crippen LogP contribution in [0.2, 0.25) is 0 Å². The Kier molecular flexibility index (Phi) is 4.94. The van der Waals surface area contributed by atoms with E-state index in [0.29, 0.717) is 6.54 Å². The normalized spacial score (nSPS) is 11.0. The van der Waals surface area contributed by atoms with Gasteiger partial charge in [0.25, 0.3) is 0 Å². The van der Waals surface area contributed by atoms with Gasteiger partial charge in [0, 0.05) is 18.9 Å². The van der Waals surface area contributed by atoms with Crippen LogP contribution in [-0.4, -0.2) is 23.2 Å². The number of nitrogens with zero attached hydrogens (tertiary/aromatic N) is 1. The van der Waals surface area contributed by atoms with Crippen molar-refractivity contribution in [3.05, 3.63) is 30.1 Å². The Hall–Kier alpha value is -1.58. The summed E-state index contributed by atoms with van der Waals surface area (Å²) in [6, 6.07) is 3.94. The van der Waals surface area contributed by atoms with Crippen molar-refractivity contribution in [3.8, 4) is 0 Å².